The maximum Gasteiger partial charge on any atom is 0.255 e. The molecular weight excluding hydrogens is 254 g/mol. The smallest absolute Gasteiger partial charge is 0.255 e. The topological polar surface area (TPSA) is 47.6 Å². The molecular formula is C16H15NO3. The van der Waals surface area contributed by atoms with Crippen molar-refractivity contribution in [2.45, 2.75) is 6.10 Å². The maximum atomic E-state index is 12.0. The number of hydrogen-bond donors (Lipinski definition) is 1. The van der Waals surface area contributed by atoms with Crippen LogP contribution in [-0.2, 0) is 4.74 Å². The minimum absolute atomic E-state index is 0.119. The van der Waals surface area contributed by atoms with Gasteiger partial charge in [-0.25, -0.2) is 0 Å². The Labute approximate surface area is 117 Å². The molecule has 0 saturated carbocycles. The molecule has 2 aromatic rings. The number of carbonyl (C=O) groups is 1. The van der Waals surface area contributed by atoms with Gasteiger partial charge in [-0.15, -0.1) is 0 Å². The third-order valence-electron chi connectivity index (χ3n) is 3.06. The summed E-state index contributed by atoms with van der Waals surface area (Å²) in [4.78, 5) is 12.0. The molecule has 20 heavy (non-hydrogen) atoms. The van der Waals surface area contributed by atoms with E-state index < -0.39 is 0 Å². The van der Waals surface area contributed by atoms with E-state index >= 15 is 0 Å². The van der Waals surface area contributed by atoms with E-state index in [-0.39, 0.29) is 12.0 Å². The van der Waals surface area contributed by atoms with Crippen molar-refractivity contribution in [3.05, 3.63) is 60.2 Å². The predicted molar refractivity (Wildman–Crippen MR) is 76.1 cm³/mol. The lowest BCUT2D eigenvalue weighted by molar-refractivity contribution is -0.0796. The van der Waals surface area contributed by atoms with Gasteiger partial charge in [0.1, 0.15) is 11.9 Å². The second-order valence-electron chi connectivity index (χ2n) is 4.62. The molecule has 1 fully saturated rings. The van der Waals surface area contributed by atoms with Crippen LogP contribution in [0, 0.1) is 0 Å². The quantitative estimate of drug-likeness (QED) is 0.928. The summed E-state index contributed by atoms with van der Waals surface area (Å²) in [6.07, 6.45) is 0.153. The van der Waals surface area contributed by atoms with E-state index in [1.807, 2.05) is 42.5 Å². The second kappa shape index (κ2) is 5.75. The zero-order valence-corrected chi connectivity index (χ0v) is 10.9. The number of hydrogen-bond acceptors (Lipinski definition) is 3. The SMILES string of the molecule is O=C(Nc1ccc(OC2COC2)cc1)c1ccccc1. The molecule has 4 heteroatoms. The summed E-state index contributed by atoms with van der Waals surface area (Å²) >= 11 is 0. The first-order chi connectivity index (χ1) is 9.81. The first-order valence-electron chi connectivity index (χ1n) is 6.52. The lowest BCUT2D eigenvalue weighted by Gasteiger charge is -2.26. The van der Waals surface area contributed by atoms with Crippen molar-refractivity contribution >= 4 is 11.6 Å². The van der Waals surface area contributed by atoms with Crippen molar-refractivity contribution < 1.29 is 14.3 Å². The van der Waals surface area contributed by atoms with Crippen LogP contribution in [0.3, 0.4) is 0 Å². The lowest BCUT2D eigenvalue weighted by Crippen LogP contribution is -2.38. The number of ether oxygens (including phenoxy) is 2. The number of rotatable bonds is 4. The van der Waals surface area contributed by atoms with Crippen LogP contribution in [0.1, 0.15) is 10.4 Å². The molecule has 1 saturated heterocycles. The summed E-state index contributed by atoms with van der Waals surface area (Å²) < 4.78 is 10.7. The van der Waals surface area contributed by atoms with E-state index in [0.29, 0.717) is 18.8 Å². The Balaban J connectivity index is 1.61. The van der Waals surface area contributed by atoms with Crippen LogP contribution >= 0.6 is 0 Å². The Bertz CT molecular complexity index is 576. The highest BCUT2D eigenvalue weighted by Crippen LogP contribution is 2.19. The molecule has 0 atom stereocenters. The van der Waals surface area contributed by atoms with Gasteiger partial charge < -0.3 is 14.8 Å². The van der Waals surface area contributed by atoms with Gasteiger partial charge in [-0.05, 0) is 36.4 Å². The monoisotopic (exact) mass is 269 g/mol. The normalized spacial score (nSPS) is 14.4. The van der Waals surface area contributed by atoms with Crippen LogP contribution in [0.5, 0.6) is 5.75 Å². The molecule has 1 amide bonds. The number of nitrogens with one attached hydrogen (secondary N) is 1. The van der Waals surface area contributed by atoms with Crippen molar-refractivity contribution in [3.63, 3.8) is 0 Å². The van der Waals surface area contributed by atoms with E-state index in [2.05, 4.69) is 5.32 Å². The molecule has 0 bridgehead atoms. The van der Waals surface area contributed by atoms with E-state index in [9.17, 15) is 4.79 Å². The van der Waals surface area contributed by atoms with Gasteiger partial charge in [-0.1, -0.05) is 18.2 Å². The summed E-state index contributed by atoms with van der Waals surface area (Å²) in [5, 5.41) is 2.85. The van der Waals surface area contributed by atoms with Crippen LogP contribution in [-0.4, -0.2) is 25.2 Å². The van der Waals surface area contributed by atoms with Crippen molar-refractivity contribution in [1.29, 1.82) is 0 Å². The average molecular weight is 269 g/mol. The van der Waals surface area contributed by atoms with Crippen molar-refractivity contribution in [2.24, 2.45) is 0 Å². The van der Waals surface area contributed by atoms with Crippen molar-refractivity contribution in [1.82, 2.24) is 0 Å². The number of anilines is 1. The van der Waals surface area contributed by atoms with Crippen LogP contribution in [0.25, 0.3) is 0 Å². The Morgan fingerprint density at radius 1 is 1.05 bits per heavy atom. The number of amides is 1. The van der Waals surface area contributed by atoms with Gasteiger partial charge in [0, 0.05) is 11.3 Å². The van der Waals surface area contributed by atoms with Gasteiger partial charge in [0.15, 0.2) is 0 Å². The highest BCUT2D eigenvalue weighted by Gasteiger charge is 2.19. The van der Waals surface area contributed by atoms with Gasteiger partial charge in [0.25, 0.3) is 5.91 Å². The fraction of sp³-hybridized carbons (Fsp3) is 0.188. The molecule has 0 aromatic heterocycles. The zero-order valence-electron chi connectivity index (χ0n) is 10.9. The molecule has 1 aliphatic rings. The van der Waals surface area contributed by atoms with E-state index in [1.54, 1.807) is 12.1 Å². The van der Waals surface area contributed by atoms with Crippen molar-refractivity contribution in [3.8, 4) is 5.75 Å². The van der Waals surface area contributed by atoms with Gasteiger partial charge in [-0.3, -0.25) is 4.79 Å². The first-order valence-corrected chi connectivity index (χ1v) is 6.52. The summed E-state index contributed by atoms with van der Waals surface area (Å²) in [6.45, 7) is 1.29. The Morgan fingerprint density at radius 3 is 2.35 bits per heavy atom. The fourth-order valence-corrected chi connectivity index (χ4v) is 1.88. The summed E-state index contributed by atoms with van der Waals surface area (Å²) in [7, 11) is 0. The highest BCUT2D eigenvalue weighted by atomic mass is 16.6. The third kappa shape index (κ3) is 2.97. The number of benzene rings is 2. The van der Waals surface area contributed by atoms with Gasteiger partial charge >= 0.3 is 0 Å². The van der Waals surface area contributed by atoms with E-state index in [0.717, 1.165) is 11.4 Å². The fourth-order valence-electron chi connectivity index (χ4n) is 1.88. The average Bonchev–Trinajstić information content (AvgIpc) is 2.45. The Morgan fingerprint density at radius 2 is 1.75 bits per heavy atom. The van der Waals surface area contributed by atoms with Crippen LogP contribution in [0.2, 0.25) is 0 Å². The largest absolute Gasteiger partial charge is 0.486 e. The van der Waals surface area contributed by atoms with Crippen LogP contribution < -0.4 is 10.1 Å². The predicted octanol–water partition coefficient (Wildman–Crippen LogP) is 2.72. The van der Waals surface area contributed by atoms with Crippen LogP contribution in [0.15, 0.2) is 54.6 Å². The Kier molecular flexibility index (Phi) is 3.65. The minimum atomic E-state index is -0.119. The molecule has 0 spiro atoms. The molecule has 0 aliphatic carbocycles. The summed E-state index contributed by atoms with van der Waals surface area (Å²) in [6, 6.07) is 16.5. The van der Waals surface area contributed by atoms with E-state index in [4.69, 9.17) is 9.47 Å². The minimum Gasteiger partial charge on any atom is -0.486 e. The number of carbonyl (C=O) groups excluding carboxylic acids is 1. The molecule has 0 unspecified atom stereocenters. The van der Waals surface area contributed by atoms with Gasteiger partial charge in [0.2, 0.25) is 0 Å². The van der Waals surface area contributed by atoms with Crippen molar-refractivity contribution in [2.75, 3.05) is 18.5 Å². The third-order valence-corrected chi connectivity index (χ3v) is 3.06. The van der Waals surface area contributed by atoms with Crippen LogP contribution in [0.4, 0.5) is 5.69 Å². The molecule has 3 rings (SSSR count). The van der Waals surface area contributed by atoms with Gasteiger partial charge in [-0.2, -0.15) is 0 Å². The standard InChI is InChI=1S/C16H15NO3/c18-16(12-4-2-1-3-5-12)17-13-6-8-14(9-7-13)20-15-10-19-11-15/h1-9,15H,10-11H2,(H,17,18). The molecule has 4 nitrogen and oxygen atoms in total. The molecule has 1 heterocycles. The zero-order chi connectivity index (χ0) is 13.8. The molecule has 1 N–H and O–H groups in total. The molecule has 2 aromatic carbocycles. The first kappa shape index (κ1) is 12.7. The summed E-state index contributed by atoms with van der Waals surface area (Å²) in [5.41, 5.74) is 1.38. The van der Waals surface area contributed by atoms with E-state index in [1.165, 1.54) is 0 Å². The highest BCUT2D eigenvalue weighted by molar-refractivity contribution is 6.04. The molecule has 0 radical (unpaired) electrons. The van der Waals surface area contributed by atoms with Gasteiger partial charge in [0.05, 0.1) is 13.2 Å². The maximum absolute atomic E-state index is 12.0. The second-order valence-corrected chi connectivity index (χ2v) is 4.62. The lowest BCUT2D eigenvalue weighted by atomic mass is 10.2. The summed E-state index contributed by atoms with van der Waals surface area (Å²) in [5.74, 6) is 0.669. The molecule has 1 aliphatic heterocycles. The Hall–Kier alpha value is -2.33. The molecule has 102 valence electrons.